The molecule has 0 aliphatic carbocycles. The van der Waals surface area contributed by atoms with Crippen LogP contribution in [0.1, 0.15) is 5.56 Å². The summed E-state index contributed by atoms with van der Waals surface area (Å²) in [5, 5.41) is 8.43. The third-order valence-corrected chi connectivity index (χ3v) is 7.30. The first kappa shape index (κ1) is 25.6. The zero-order valence-corrected chi connectivity index (χ0v) is 22.0. The minimum Gasteiger partial charge on any atom is -0.369 e. The molecular formula is C25H29N9O3S. The molecule has 0 bridgehead atoms. The molecule has 12 nitrogen and oxygen atoms in total. The van der Waals surface area contributed by atoms with Gasteiger partial charge in [-0.15, -0.1) is 6.58 Å². The van der Waals surface area contributed by atoms with E-state index in [1.54, 1.807) is 12.1 Å². The fourth-order valence-corrected chi connectivity index (χ4v) is 5.04. The number of primary sulfonamides is 1. The number of nitrogens with two attached hydrogens (primary N) is 1. The molecule has 4 heterocycles. The number of allylic oxidation sites excluding steroid dienone is 1. The molecule has 0 atom stereocenters. The number of hydrogen-bond donors (Lipinski definition) is 2. The Hall–Kier alpha value is -4.07. The van der Waals surface area contributed by atoms with Gasteiger partial charge in [-0.05, 0) is 49.9 Å². The molecule has 38 heavy (non-hydrogen) atoms. The van der Waals surface area contributed by atoms with E-state index in [0.717, 1.165) is 37.4 Å². The highest BCUT2D eigenvalue weighted by molar-refractivity contribution is 7.89. The largest absolute Gasteiger partial charge is 0.369 e. The fraction of sp³-hybridized carbons (Fsp3) is 0.280. The molecule has 3 aromatic heterocycles. The summed E-state index contributed by atoms with van der Waals surface area (Å²) in [6.45, 7) is 9.93. The van der Waals surface area contributed by atoms with E-state index < -0.39 is 10.0 Å². The number of pyridine rings is 1. The fourth-order valence-electron chi connectivity index (χ4n) is 4.55. The lowest BCUT2D eigenvalue weighted by Crippen LogP contribution is -2.44. The molecule has 0 amide bonds. The van der Waals surface area contributed by atoms with Gasteiger partial charge in [0.1, 0.15) is 5.39 Å². The molecule has 0 spiro atoms. The number of rotatable bonds is 7. The number of piperazine rings is 1. The molecule has 1 fully saturated rings. The van der Waals surface area contributed by atoms with Crippen LogP contribution in [0.5, 0.6) is 0 Å². The number of fused-ring (bicyclic) bond motifs is 1. The van der Waals surface area contributed by atoms with E-state index in [9.17, 15) is 13.2 Å². The molecule has 1 aromatic carbocycles. The number of aromatic nitrogens is 5. The normalized spacial score (nSPS) is 14.7. The van der Waals surface area contributed by atoms with Crippen LogP contribution in [0.15, 0.2) is 65.1 Å². The summed E-state index contributed by atoms with van der Waals surface area (Å²) in [6.07, 6.45) is 3.00. The van der Waals surface area contributed by atoms with Crippen molar-refractivity contribution in [2.45, 2.75) is 18.5 Å². The maximum Gasteiger partial charge on any atom is 0.278 e. The number of anilines is 3. The van der Waals surface area contributed by atoms with E-state index in [1.807, 2.05) is 12.1 Å². The summed E-state index contributed by atoms with van der Waals surface area (Å²) < 4.78 is 26.6. The molecule has 4 aromatic rings. The Morgan fingerprint density at radius 3 is 2.58 bits per heavy atom. The molecular weight excluding hydrogens is 506 g/mol. The molecule has 1 saturated heterocycles. The van der Waals surface area contributed by atoms with Crippen molar-refractivity contribution < 1.29 is 8.42 Å². The summed E-state index contributed by atoms with van der Waals surface area (Å²) in [5.74, 6) is 0.443. The Balaban J connectivity index is 1.53. The van der Waals surface area contributed by atoms with Crippen molar-refractivity contribution in [2.75, 3.05) is 43.4 Å². The first-order valence-electron chi connectivity index (χ1n) is 12.1. The third kappa shape index (κ3) is 4.90. The Kier molecular flexibility index (Phi) is 6.73. The average Bonchev–Trinajstić information content (AvgIpc) is 3.15. The first-order chi connectivity index (χ1) is 18.2. The topological polar surface area (TPSA) is 144 Å². The lowest BCUT2D eigenvalue weighted by atomic mass is 10.1. The molecule has 5 rings (SSSR count). The van der Waals surface area contributed by atoms with E-state index in [2.05, 4.69) is 56.7 Å². The van der Waals surface area contributed by atoms with Gasteiger partial charge in [-0.25, -0.2) is 32.9 Å². The molecule has 1 aliphatic rings. The van der Waals surface area contributed by atoms with E-state index in [4.69, 9.17) is 5.14 Å². The van der Waals surface area contributed by atoms with Gasteiger partial charge in [0.05, 0.1) is 6.54 Å². The van der Waals surface area contributed by atoms with Gasteiger partial charge in [-0.3, -0.25) is 4.79 Å². The van der Waals surface area contributed by atoms with Crippen molar-refractivity contribution in [3.05, 3.63) is 71.2 Å². The number of likely N-dealkylation sites (N-methyl/N-ethyl adjacent to an activating group) is 1. The summed E-state index contributed by atoms with van der Waals surface area (Å²) in [6, 6.07) is 10.5. The van der Waals surface area contributed by atoms with E-state index >= 15 is 0 Å². The Morgan fingerprint density at radius 1 is 1.13 bits per heavy atom. The Labute approximate surface area is 220 Å². The monoisotopic (exact) mass is 535 g/mol. The van der Waals surface area contributed by atoms with E-state index in [0.29, 0.717) is 0 Å². The van der Waals surface area contributed by atoms with E-state index in [-0.39, 0.29) is 39.9 Å². The Bertz CT molecular complexity index is 1690. The summed E-state index contributed by atoms with van der Waals surface area (Å²) in [7, 11) is -1.92. The maximum atomic E-state index is 13.1. The van der Waals surface area contributed by atoms with Crippen molar-refractivity contribution in [3.8, 4) is 5.82 Å². The van der Waals surface area contributed by atoms with Crippen molar-refractivity contribution in [1.29, 1.82) is 0 Å². The van der Waals surface area contributed by atoms with Gasteiger partial charge in [0.2, 0.25) is 5.95 Å². The average molecular weight is 536 g/mol. The van der Waals surface area contributed by atoms with Crippen LogP contribution < -0.4 is 20.9 Å². The third-order valence-electron chi connectivity index (χ3n) is 6.49. The molecule has 0 radical (unpaired) electrons. The minimum absolute atomic E-state index is 0.145. The zero-order valence-electron chi connectivity index (χ0n) is 21.2. The summed E-state index contributed by atoms with van der Waals surface area (Å²) in [5.41, 5.74) is 3.02. The predicted octanol–water partition coefficient (Wildman–Crippen LogP) is 1.61. The van der Waals surface area contributed by atoms with Crippen molar-refractivity contribution >= 4 is 38.4 Å². The molecule has 1 aliphatic heterocycles. The highest BCUT2D eigenvalue weighted by Crippen LogP contribution is 2.26. The van der Waals surface area contributed by atoms with Crippen molar-refractivity contribution in [3.63, 3.8) is 0 Å². The number of nitrogens with zero attached hydrogens (tertiary/aromatic N) is 7. The predicted molar refractivity (Wildman–Crippen MR) is 147 cm³/mol. The van der Waals surface area contributed by atoms with Crippen LogP contribution in [-0.4, -0.2) is 70.9 Å². The van der Waals surface area contributed by atoms with Crippen molar-refractivity contribution in [2.24, 2.45) is 5.14 Å². The van der Waals surface area contributed by atoms with Crippen LogP contribution in [-0.2, 0) is 16.6 Å². The minimum atomic E-state index is -4.06. The standard InChI is InChI=1S/C25H29N9O3S/c1-4-10-33-24(35)19-16-27-25(30-23(19)34(33)21-6-5-7-22(29-21)38(26,36)37)28-18-8-9-20(17(2)15-18)32-13-11-31(3)12-14-32/h4-9,15-16H,1,10-14H2,2-3H3,(H2,26,36,37)(H,27,28,30). The number of hydrogen-bond acceptors (Lipinski definition) is 9. The quantitative estimate of drug-likeness (QED) is 0.337. The lowest BCUT2D eigenvalue weighted by molar-refractivity contribution is 0.312. The molecule has 3 N–H and O–H groups in total. The molecule has 0 saturated carbocycles. The maximum absolute atomic E-state index is 13.1. The van der Waals surface area contributed by atoms with Crippen LogP contribution in [0.25, 0.3) is 16.9 Å². The van der Waals surface area contributed by atoms with Crippen molar-refractivity contribution in [1.82, 2.24) is 29.2 Å². The van der Waals surface area contributed by atoms with Crippen LogP contribution in [0.4, 0.5) is 17.3 Å². The first-order valence-corrected chi connectivity index (χ1v) is 13.6. The van der Waals surface area contributed by atoms with Gasteiger partial charge < -0.3 is 15.1 Å². The number of nitrogens with one attached hydrogen (secondary N) is 1. The highest BCUT2D eigenvalue weighted by Gasteiger charge is 2.20. The van der Waals surface area contributed by atoms with Crippen LogP contribution in [0.2, 0.25) is 0 Å². The SMILES string of the molecule is C=CCn1c(=O)c2cnc(Nc3ccc(N4CCN(C)CC4)c(C)c3)nc2n1-c1cccc(S(N)(=O)=O)n1. The van der Waals surface area contributed by atoms with Gasteiger partial charge in [0, 0.05) is 43.8 Å². The number of benzene rings is 1. The number of aryl methyl sites for hydroxylation is 1. The lowest BCUT2D eigenvalue weighted by Gasteiger charge is -2.35. The summed E-state index contributed by atoms with van der Waals surface area (Å²) in [4.78, 5) is 31.0. The van der Waals surface area contributed by atoms with Crippen LogP contribution in [0, 0.1) is 6.92 Å². The van der Waals surface area contributed by atoms with Crippen LogP contribution >= 0.6 is 0 Å². The van der Waals surface area contributed by atoms with Gasteiger partial charge in [0.15, 0.2) is 16.5 Å². The number of sulfonamides is 1. The second-order valence-corrected chi connectivity index (χ2v) is 10.7. The molecule has 0 unspecified atom stereocenters. The second-order valence-electron chi connectivity index (χ2n) is 9.21. The summed E-state index contributed by atoms with van der Waals surface area (Å²) >= 11 is 0. The highest BCUT2D eigenvalue weighted by atomic mass is 32.2. The molecule has 198 valence electrons. The van der Waals surface area contributed by atoms with E-state index in [1.165, 1.54) is 33.4 Å². The van der Waals surface area contributed by atoms with Crippen LogP contribution in [0.3, 0.4) is 0 Å². The van der Waals surface area contributed by atoms with Gasteiger partial charge in [-0.2, -0.15) is 4.98 Å². The molecule has 13 heteroatoms. The zero-order chi connectivity index (χ0) is 27.0. The van der Waals surface area contributed by atoms with Gasteiger partial charge in [0.25, 0.3) is 15.6 Å². The second kappa shape index (κ2) is 10.0. The Morgan fingerprint density at radius 2 is 1.89 bits per heavy atom. The van der Waals surface area contributed by atoms with Gasteiger partial charge >= 0.3 is 0 Å². The smallest absolute Gasteiger partial charge is 0.278 e. The van der Waals surface area contributed by atoms with Gasteiger partial charge in [-0.1, -0.05) is 12.1 Å².